The van der Waals surface area contributed by atoms with Crippen LogP contribution in [0.15, 0.2) is 28.7 Å². The average Bonchev–Trinajstić information content (AvgIpc) is 2.42. The molecule has 2 rings (SSSR count). The predicted molar refractivity (Wildman–Crippen MR) is 78.9 cm³/mol. The highest BCUT2D eigenvalue weighted by molar-refractivity contribution is 9.10. The van der Waals surface area contributed by atoms with Crippen molar-refractivity contribution < 1.29 is 9.50 Å². The van der Waals surface area contributed by atoms with Crippen molar-refractivity contribution in [2.75, 3.05) is 0 Å². The van der Waals surface area contributed by atoms with Gasteiger partial charge in [0.05, 0.1) is 17.5 Å². The smallest absolute Gasteiger partial charge is 0.126 e. The normalized spacial score (nSPS) is 12.4. The van der Waals surface area contributed by atoms with Gasteiger partial charge in [-0.1, -0.05) is 22.9 Å². The van der Waals surface area contributed by atoms with Crippen LogP contribution >= 0.6 is 15.9 Å². The van der Waals surface area contributed by atoms with Gasteiger partial charge in [0.1, 0.15) is 5.82 Å². The van der Waals surface area contributed by atoms with Gasteiger partial charge in [-0.05, 0) is 43.2 Å². The fourth-order valence-electron chi connectivity index (χ4n) is 2.12. The van der Waals surface area contributed by atoms with E-state index >= 15 is 0 Å². The van der Waals surface area contributed by atoms with E-state index in [0.717, 1.165) is 21.4 Å². The molecule has 3 nitrogen and oxygen atoms in total. The number of halogens is 2. The van der Waals surface area contributed by atoms with Gasteiger partial charge in [-0.2, -0.15) is 10.2 Å². The van der Waals surface area contributed by atoms with Gasteiger partial charge in [-0.3, -0.25) is 0 Å². The number of aryl methyl sites for hydroxylation is 2. The Morgan fingerprint density at radius 3 is 2.75 bits per heavy atom. The largest absolute Gasteiger partial charge is 0.388 e. The molecule has 0 saturated carbocycles. The monoisotopic (exact) mass is 338 g/mol. The molecule has 0 fully saturated rings. The zero-order valence-corrected chi connectivity index (χ0v) is 13.0. The van der Waals surface area contributed by atoms with Crippen molar-refractivity contribution in [1.82, 2.24) is 10.2 Å². The molecule has 0 radical (unpaired) electrons. The number of nitrogens with zero attached hydrogens (tertiary/aromatic N) is 2. The highest BCUT2D eigenvalue weighted by Gasteiger charge is 2.16. The van der Waals surface area contributed by atoms with Gasteiger partial charge in [0.2, 0.25) is 0 Å². The number of benzene rings is 1. The topological polar surface area (TPSA) is 46.0 Å². The van der Waals surface area contributed by atoms with Crippen molar-refractivity contribution in [3.63, 3.8) is 0 Å². The summed E-state index contributed by atoms with van der Waals surface area (Å²) in [5.74, 6) is -0.316. The van der Waals surface area contributed by atoms with E-state index in [1.165, 1.54) is 6.07 Å². The molecule has 0 aliphatic carbocycles. The standard InChI is InChI=1S/C15H16BrFN2O/c1-3-14-12(6-9(2)18-19-14)15(20)8-10-7-11(16)4-5-13(10)17/h4-7,15,20H,3,8H2,1-2H3. The minimum absolute atomic E-state index is 0.212. The fraction of sp³-hybridized carbons (Fsp3) is 0.333. The highest BCUT2D eigenvalue weighted by atomic mass is 79.9. The van der Waals surface area contributed by atoms with E-state index < -0.39 is 6.10 Å². The van der Waals surface area contributed by atoms with E-state index in [1.807, 2.05) is 19.9 Å². The molecule has 1 heterocycles. The predicted octanol–water partition coefficient (Wildman–Crippen LogP) is 3.53. The summed E-state index contributed by atoms with van der Waals surface area (Å²) in [4.78, 5) is 0. The molecule has 5 heteroatoms. The minimum Gasteiger partial charge on any atom is -0.388 e. The Kier molecular flexibility index (Phi) is 4.83. The quantitative estimate of drug-likeness (QED) is 0.927. The first-order valence-corrected chi connectivity index (χ1v) is 7.25. The van der Waals surface area contributed by atoms with Crippen LogP contribution in [0, 0.1) is 12.7 Å². The highest BCUT2D eigenvalue weighted by Crippen LogP contribution is 2.24. The maximum Gasteiger partial charge on any atom is 0.126 e. The molecule has 106 valence electrons. The second-order valence-electron chi connectivity index (χ2n) is 4.70. The number of aliphatic hydroxyl groups excluding tert-OH is 1. The fourth-order valence-corrected chi connectivity index (χ4v) is 2.52. The lowest BCUT2D eigenvalue weighted by molar-refractivity contribution is 0.175. The van der Waals surface area contributed by atoms with Gasteiger partial charge in [-0.15, -0.1) is 0 Å². The average molecular weight is 339 g/mol. The SMILES string of the molecule is CCc1nnc(C)cc1C(O)Cc1cc(Br)ccc1F. The van der Waals surface area contributed by atoms with Crippen LogP contribution in [0.3, 0.4) is 0 Å². The Morgan fingerprint density at radius 2 is 2.05 bits per heavy atom. The minimum atomic E-state index is -0.789. The summed E-state index contributed by atoms with van der Waals surface area (Å²) in [6.45, 7) is 3.78. The summed E-state index contributed by atoms with van der Waals surface area (Å²) >= 11 is 3.31. The lowest BCUT2D eigenvalue weighted by atomic mass is 9.99. The zero-order chi connectivity index (χ0) is 14.7. The molecule has 0 saturated heterocycles. The lowest BCUT2D eigenvalue weighted by Gasteiger charge is -2.15. The molecule has 1 unspecified atom stereocenters. The second kappa shape index (κ2) is 6.41. The van der Waals surface area contributed by atoms with Crippen LogP contribution in [0.1, 0.15) is 35.5 Å². The van der Waals surface area contributed by atoms with Crippen LogP contribution in [-0.4, -0.2) is 15.3 Å². The van der Waals surface area contributed by atoms with Crippen molar-refractivity contribution >= 4 is 15.9 Å². The zero-order valence-electron chi connectivity index (χ0n) is 11.4. The van der Waals surface area contributed by atoms with Crippen LogP contribution in [0.25, 0.3) is 0 Å². The van der Waals surface area contributed by atoms with E-state index in [2.05, 4.69) is 26.1 Å². The van der Waals surface area contributed by atoms with Crippen LogP contribution < -0.4 is 0 Å². The van der Waals surface area contributed by atoms with Gasteiger partial charge in [0.25, 0.3) is 0 Å². The van der Waals surface area contributed by atoms with Crippen molar-refractivity contribution in [2.24, 2.45) is 0 Å². The molecule has 0 bridgehead atoms. The summed E-state index contributed by atoms with van der Waals surface area (Å²) in [5.41, 5.74) is 2.69. The molecule has 1 N–H and O–H groups in total. The molecule has 0 spiro atoms. The van der Waals surface area contributed by atoms with E-state index in [9.17, 15) is 9.50 Å². The number of hydrogen-bond donors (Lipinski definition) is 1. The molecule has 1 aromatic heterocycles. The van der Waals surface area contributed by atoms with Crippen molar-refractivity contribution in [3.05, 3.63) is 57.1 Å². The first-order valence-electron chi connectivity index (χ1n) is 6.46. The summed E-state index contributed by atoms with van der Waals surface area (Å²) < 4.78 is 14.5. The first-order chi connectivity index (χ1) is 9.51. The third-order valence-electron chi connectivity index (χ3n) is 3.14. The second-order valence-corrected chi connectivity index (χ2v) is 5.61. The third-order valence-corrected chi connectivity index (χ3v) is 3.63. The molecular formula is C15H16BrFN2O. The summed E-state index contributed by atoms with van der Waals surface area (Å²) in [6, 6.07) is 6.53. The maximum atomic E-state index is 13.7. The Hall–Kier alpha value is -1.33. The maximum absolute atomic E-state index is 13.7. The van der Waals surface area contributed by atoms with E-state index in [0.29, 0.717) is 12.0 Å². The number of rotatable bonds is 4. The van der Waals surface area contributed by atoms with E-state index in [4.69, 9.17) is 0 Å². The van der Waals surface area contributed by atoms with Gasteiger partial charge in [0.15, 0.2) is 0 Å². The molecule has 1 atom stereocenters. The lowest BCUT2D eigenvalue weighted by Crippen LogP contribution is -2.09. The first kappa shape index (κ1) is 15.1. The van der Waals surface area contributed by atoms with Gasteiger partial charge in [-0.25, -0.2) is 4.39 Å². The van der Waals surface area contributed by atoms with E-state index in [-0.39, 0.29) is 12.2 Å². The van der Waals surface area contributed by atoms with Gasteiger partial charge >= 0.3 is 0 Å². The number of aromatic nitrogens is 2. The number of aliphatic hydroxyl groups is 1. The molecule has 0 aliphatic rings. The summed E-state index contributed by atoms with van der Waals surface area (Å²) in [7, 11) is 0. The van der Waals surface area contributed by atoms with Crippen molar-refractivity contribution in [2.45, 2.75) is 32.8 Å². The molecule has 1 aromatic carbocycles. The molecule has 2 aromatic rings. The van der Waals surface area contributed by atoms with Crippen LogP contribution in [0.2, 0.25) is 0 Å². The van der Waals surface area contributed by atoms with E-state index in [1.54, 1.807) is 12.1 Å². The van der Waals surface area contributed by atoms with Gasteiger partial charge in [0, 0.05) is 16.5 Å². The Labute approximate surface area is 126 Å². The summed E-state index contributed by atoms with van der Waals surface area (Å²) in [5, 5.41) is 18.5. The van der Waals surface area contributed by atoms with Crippen LogP contribution in [-0.2, 0) is 12.8 Å². The molecular weight excluding hydrogens is 323 g/mol. The van der Waals surface area contributed by atoms with Crippen LogP contribution in [0.5, 0.6) is 0 Å². The molecule has 20 heavy (non-hydrogen) atoms. The summed E-state index contributed by atoms with van der Waals surface area (Å²) in [6.07, 6.45) is 0.104. The van der Waals surface area contributed by atoms with Crippen LogP contribution in [0.4, 0.5) is 4.39 Å². The Morgan fingerprint density at radius 1 is 1.30 bits per heavy atom. The molecule has 0 aliphatic heterocycles. The molecule has 0 amide bonds. The number of hydrogen-bond acceptors (Lipinski definition) is 3. The third kappa shape index (κ3) is 3.41. The Balaban J connectivity index is 2.30. The Bertz CT molecular complexity index is 619. The van der Waals surface area contributed by atoms with Gasteiger partial charge < -0.3 is 5.11 Å². The van der Waals surface area contributed by atoms with Crippen molar-refractivity contribution in [1.29, 1.82) is 0 Å². The van der Waals surface area contributed by atoms with Crippen molar-refractivity contribution in [3.8, 4) is 0 Å².